The zero-order chi connectivity index (χ0) is 22.5. The van der Waals surface area contributed by atoms with E-state index in [0.717, 1.165) is 52.1 Å². The highest BCUT2D eigenvalue weighted by Gasteiger charge is 2.12. The summed E-state index contributed by atoms with van der Waals surface area (Å²) in [7, 11) is 0. The molecule has 0 aromatic carbocycles. The summed E-state index contributed by atoms with van der Waals surface area (Å²) in [5, 5.41) is 5.53. The minimum absolute atomic E-state index is 0.502. The third-order valence-electron chi connectivity index (χ3n) is 5.39. The van der Waals surface area contributed by atoms with Gasteiger partial charge in [-0.3, -0.25) is 9.59 Å². The van der Waals surface area contributed by atoms with Gasteiger partial charge >= 0.3 is 11.8 Å². The van der Waals surface area contributed by atoms with Gasteiger partial charge in [-0.1, -0.05) is 53.4 Å². The number of carbonyl (C=O) groups excluding carboxylic acids is 2. The number of amides is 2. The van der Waals surface area contributed by atoms with E-state index in [9.17, 15) is 9.59 Å². The molecular formula is C24H50N4O2. The molecule has 6 heteroatoms. The number of hydrogen-bond donors (Lipinski definition) is 2. The van der Waals surface area contributed by atoms with E-state index >= 15 is 0 Å². The number of nitrogens with zero attached hydrogens (tertiary/aromatic N) is 2. The predicted molar refractivity (Wildman–Crippen MR) is 128 cm³/mol. The van der Waals surface area contributed by atoms with Crippen LogP contribution in [0.2, 0.25) is 0 Å². The molecule has 0 aromatic heterocycles. The summed E-state index contributed by atoms with van der Waals surface area (Å²) < 4.78 is 0. The van der Waals surface area contributed by atoms with Gasteiger partial charge in [-0.2, -0.15) is 0 Å². The normalized spacial score (nSPS) is 11.3. The molecule has 0 fully saturated rings. The number of rotatable bonds is 20. The lowest BCUT2D eigenvalue weighted by Gasteiger charge is -2.22. The molecule has 0 atom stereocenters. The molecule has 6 nitrogen and oxygen atoms in total. The molecule has 0 heterocycles. The Balaban J connectivity index is 3.97. The van der Waals surface area contributed by atoms with Crippen LogP contribution >= 0.6 is 0 Å². The summed E-state index contributed by atoms with van der Waals surface area (Å²) in [4.78, 5) is 28.9. The van der Waals surface area contributed by atoms with Crippen molar-refractivity contribution in [1.29, 1.82) is 0 Å². The van der Waals surface area contributed by atoms with Gasteiger partial charge in [0.05, 0.1) is 0 Å². The van der Waals surface area contributed by atoms with Crippen molar-refractivity contribution in [2.24, 2.45) is 0 Å². The standard InChI is InChI=1S/C24H50N4O2/c1-5-9-17-27(18-10-6-2)21-13-15-25-23(29)24(30)26-16-14-22-28(19-11-7-3)20-12-8-4/h5-22H2,1-4H3,(H,25,29)(H,26,30). The third kappa shape index (κ3) is 16.6. The Kier molecular flexibility index (Phi) is 20.3. The van der Waals surface area contributed by atoms with E-state index in [2.05, 4.69) is 48.1 Å². The van der Waals surface area contributed by atoms with Crippen molar-refractivity contribution >= 4 is 11.8 Å². The molecule has 0 aliphatic rings. The Morgan fingerprint density at radius 1 is 0.500 bits per heavy atom. The van der Waals surface area contributed by atoms with Crippen molar-refractivity contribution < 1.29 is 9.59 Å². The number of carbonyl (C=O) groups is 2. The second-order valence-electron chi connectivity index (χ2n) is 8.32. The van der Waals surface area contributed by atoms with Crippen LogP contribution in [0.15, 0.2) is 0 Å². The summed E-state index contributed by atoms with van der Waals surface area (Å²) in [6.07, 6.45) is 11.4. The first-order valence-electron chi connectivity index (χ1n) is 12.6. The van der Waals surface area contributed by atoms with Gasteiger partial charge in [-0.25, -0.2) is 0 Å². The van der Waals surface area contributed by atoms with Crippen LogP contribution in [-0.4, -0.2) is 74.0 Å². The average Bonchev–Trinajstić information content (AvgIpc) is 2.76. The molecule has 2 amide bonds. The fraction of sp³-hybridized carbons (Fsp3) is 0.917. The summed E-state index contributed by atoms with van der Waals surface area (Å²) in [5.74, 6) is -1.00. The van der Waals surface area contributed by atoms with Gasteiger partial charge < -0.3 is 20.4 Å². The predicted octanol–water partition coefficient (Wildman–Crippen LogP) is 3.80. The average molecular weight is 427 g/mol. The van der Waals surface area contributed by atoms with Crippen molar-refractivity contribution in [3.63, 3.8) is 0 Å². The molecule has 0 saturated heterocycles. The van der Waals surface area contributed by atoms with E-state index in [-0.39, 0.29) is 0 Å². The van der Waals surface area contributed by atoms with Gasteiger partial charge in [0.25, 0.3) is 0 Å². The maximum absolute atomic E-state index is 12.0. The topological polar surface area (TPSA) is 64.7 Å². The molecule has 0 saturated carbocycles. The van der Waals surface area contributed by atoms with Gasteiger partial charge in [-0.05, 0) is 77.8 Å². The fourth-order valence-corrected chi connectivity index (χ4v) is 3.37. The van der Waals surface area contributed by atoms with Crippen LogP contribution in [0.4, 0.5) is 0 Å². The van der Waals surface area contributed by atoms with Crippen molar-refractivity contribution in [3.8, 4) is 0 Å². The van der Waals surface area contributed by atoms with Crippen LogP contribution in [0.5, 0.6) is 0 Å². The molecule has 0 rings (SSSR count). The molecule has 0 spiro atoms. The van der Waals surface area contributed by atoms with Crippen molar-refractivity contribution in [1.82, 2.24) is 20.4 Å². The third-order valence-corrected chi connectivity index (χ3v) is 5.39. The molecule has 178 valence electrons. The van der Waals surface area contributed by atoms with Crippen LogP contribution < -0.4 is 10.6 Å². The van der Waals surface area contributed by atoms with Crippen LogP contribution in [0.1, 0.15) is 91.9 Å². The second kappa shape index (κ2) is 21.1. The van der Waals surface area contributed by atoms with E-state index in [4.69, 9.17) is 0 Å². The molecule has 30 heavy (non-hydrogen) atoms. The van der Waals surface area contributed by atoms with E-state index in [1.54, 1.807) is 0 Å². The number of nitrogens with one attached hydrogen (secondary N) is 2. The van der Waals surface area contributed by atoms with Crippen molar-refractivity contribution in [3.05, 3.63) is 0 Å². The Morgan fingerprint density at radius 3 is 1.03 bits per heavy atom. The van der Waals surface area contributed by atoms with Crippen LogP contribution in [0.25, 0.3) is 0 Å². The smallest absolute Gasteiger partial charge is 0.309 e. The summed E-state index contributed by atoms with van der Waals surface area (Å²) >= 11 is 0. The Bertz CT molecular complexity index is 364. The second-order valence-corrected chi connectivity index (χ2v) is 8.32. The molecule has 0 aromatic rings. The summed E-state index contributed by atoms with van der Waals surface area (Å²) in [6, 6.07) is 0. The Labute approximate surface area is 186 Å². The van der Waals surface area contributed by atoms with Gasteiger partial charge in [0.15, 0.2) is 0 Å². The highest BCUT2D eigenvalue weighted by molar-refractivity contribution is 6.35. The van der Waals surface area contributed by atoms with E-state index in [0.29, 0.717) is 13.1 Å². The zero-order valence-corrected chi connectivity index (χ0v) is 20.4. The first-order chi connectivity index (χ1) is 14.6. The van der Waals surface area contributed by atoms with Gasteiger partial charge in [0, 0.05) is 13.1 Å². The number of hydrogen-bond acceptors (Lipinski definition) is 4. The molecular weight excluding hydrogens is 376 g/mol. The van der Waals surface area contributed by atoms with Gasteiger partial charge in [-0.15, -0.1) is 0 Å². The van der Waals surface area contributed by atoms with E-state index < -0.39 is 11.8 Å². The van der Waals surface area contributed by atoms with Crippen LogP contribution in [0.3, 0.4) is 0 Å². The largest absolute Gasteiger partial charge is 0.348 e. The zero-order valence-electron chi connectivity index (χ0n) is 20.4. The quantitative estimate of drug-likeness (QED) is 0.230. The molecule has 0 aliphatic heterocycles. The number of unbranched alkanes of at least 4 members (excludes halogenated alkanes) is 4. The molecule has 0 unspecified atom stereocenters. The molecule has 2 N–H and O–H groups in total. The van der Waals surface area contributed by atoms with Gasteiger partial charge in [0.2, 0.25) is 0 Å². The van der Waals surface area contributed by atoms with Gasteiger partial charge in [0.1, 0.15) is 0 Å². The highest BCUT2D eigenvalue weighted by atomic mass is 16.2. The Hall–Kier alpha value is -1.14. The van der Waals surface area contributed by atoms with Crippen molar-refractivity contribution in [2.45, 2.75) is 91.9 Å². The van der Waals surface area contributed by atoms with Crippen molar-refractivity contribution in [2.75, 3.05) is 52.4 Å². The lowest BCUT2D eigenvalue weighted by Crippen LogP contribution is -2.42. The summed E-state index contributed by atoms with van der Waals surface area (Å²) in [6.45, 7) is 16.4. The first-order valence-corrected chi connectivity index (χ1v) is 12.6. The molecule has 0 bridgehead atoms. The SMILES string of the molecule is CCCCN(CCCC)CCCNC(=O)C(=O)NCCCN(CCCC)CCCC. The maximum atomic E-state index is 12.0. The van der Waals surface area contributed by atoms with E-state index in [1.807, 2.05) is 0 Å². The Morgan fingerprint density at radius 2 is 0.767 bits per heavy atom. The van der Waals surface area contributed by atoms with Crippen LogP contribution in [0, 0.1) is 0 Å². The minimum Gasteiger partial charge on any atom is -0.348 e. The monoisotopic (exact) mass is 426 g/mol. The molecule has 0 aliphatic carbocycles. The van der Waals surface area contributed by atoms with E-state index in [1.165, 1.54) is 51.4 Å². The lowest BCUT2D eigenvalue weighted by atomic mass is 10.2. The minimum atomic E-state index is -0.502. The summed E-state index contributed by atoms with van der Waals surface area (Å²) in [5.41, 5.74) is 0. The highest BCUT2D eigenvalue weighted by Crippen LogP contribution is 2.01. The first kappa shape index (κ1) is 28.9. The van der Waals surface area contributed by atoms with Crippen LogP contribution in [-0.2, 0) is 9.59 Å². The molecule has 0 radical (unpaired) electrons. The lowest BCUT2D eigenvalue weighted by molar-refractivity contribution is -0.139. The fourth-order valence-electron chi connectivity index (χ4n) is 3.37. The maximum Gasteiger partial charge on any atom is 0.309 e.